The monoisotopic (exact) mass is 544 g/mol. The van der Waals surface area contributed by atoms with Crippen LogP contribution in [0, 0.1) is 0 Å². The van der Waals surface area contributed by atoms with Crippen molar-refractivity contribution in [3.05, 3.63) is 157 Å². The highest BCUT2D eigenvalue weighted by Crippen LogP contribution is 2.34. The van der Waals surface area contributed by atoms with E-state index < -0.39 is 0 Å². The minimum Gasteiger partial charge on any atom is -0.322 e. The summed E-state index contributed by atoms with van der Waals surface area (Å²) in [6, 6.07) is 43.4. The predicted molar refractivity (Wildman–Crippen MR) is 175 cm³/mol. The number of carbonyl (C=O) groups excluding carboxylic acids is 2. The van der Waals surface area contributed by atoms with E-state index in [0.717, 1.165) is 43.8 Å². The van der Waals surface area contributed by atoms with Crippen molar-refractivity contribution in [2.75, 3.05) is 10.6 Å². The first kappa shape index (κ1) is 26.5. The van der Waals surface area contributed by atoms with Crippen molar-refractivity contribution in [3.8, 4) is 11.1 Å². The molecule has 202 valence electrons. The summed E-state index contributed by atoms with van der Waals surface area (Å²) in [6.07, 6.45) is 6.75. The third-order valence-corrected chi connectivity index (χ3v) is 7.14. The molecule has 2 N–H and O–H groups in total. The van der Waals surface area contributed by atoms with E-state index in [2.05, 4.69) is 34.9 Å². The molecule has 2 amide bonds. The molecule has 0 heterocycles. The van der Waals surface area contributed by atoms with Gasteiger partial charge in [0.15, 0.2) is 0 Å². The van der Waals surface area contributed by atoms with E-state index in [9.17, 15) is 9.59 Å². The molecule has 0 aliphatic rings. The molecule has 4 heteroatoms. The number of para-hydroxylation sites is 2. The van der Waals surface area contributed by atoms with Crippen molar-refractivity contribution >= 4 is 56.9 Å². The maximum atomic E-state index is 13.0. The van der Waals surface area contributed by atoms with Crippen molar-refractivity contribution in [2.45, 2.75) is 0 Å². The van der Waals surface area contributed by atoms with Crippen LogP contribution in [0.4, 0.5) is 11.4 Å². The van der Waals surface area contributed by atoms with E-state index in [1.807, 2.05) is 121 Å². The van der Waals surface area contributed by atoms with Gasteiger partial charge in [0.25, 0.3) is 0 Å². The Labute approximate surface area is 244 Å². The number of carbonyl (C=O) groups is 2. The van der Waals surface area contributed by atoms with Gasteiger partial charge < -0.3 is 10.6 Å². The SMILES string of the molecule is O=C(C=Cc1cccc2ccccc12)Nc1ccccc1-c1ccccc1NC(=O)C=Cc1cccc2ccccc12. The molecule has 6 aromatic carbocycles. The Bertz CT molecular complexity index is 1830. The van der Waals surface area contributed by atoms with Crippen LogP contribution < -0.4 is 10.6 Å². The lowest BCUT2D eigenvalue weighted by atomic mass is 10.0. The quantitative estimate of drug-likeness (QED) is 0.197. The standard InChI is InChI=1S/C38H28N2O2/c41-37(25-23-29-15-9-13-27-11-1-3-17-31(27)29)39-35-21-7-5-19-33(35)34-20-6-8-22-36(34)40-38(42)26-24-30-16-10-14-28-12-2-4-18-32(28)30/h1-26H,(H,39,41)(H,40,42). The molecule has 0 unspecified atom stereocenters. The molecule has 0 fully saturated rings. The lowest BCUT2D eigenvalue weighted by Crippen LogP contribution is -2.11. The number of fused-ring (bicyclic) bond motifs is 2. The number of benzene rings is 6. The fourth-order valence-electron chi connectivity index (χ4n) is 5.13. The average Bonchev–Trinajstić information content (AvgIpc) is 3.03. The molecule has 0 spiro atoms. The number of rotatable bonds is 7. The van der Waals surface area contributed by atoms with E-state index in [4.69, 9.17) is 0 Å². The van der Waals surface area contributed by atoms with Gasteiger partial charge in [-0.1, -0.05) is 121 Å². The van der Waals surface area contributed by atoms with E-state index in [1.54, 1.807) is 12.2 Å². The highest BCUT2D eigenvalue weighted by Gasteiger charge is 2.12. The second kappa shape index (κ2) is 12.2. The van der Waals surface area contributed by atoms with Crippen molar-refractivity contribution in [2.24, 2.45) is 0 Å². The summed E-state index contributed by atoms with van der Waals surface area (Å²) >= 11 is 0. The Hall–Kier alpha value is -5.74. The Balaban J connectivity index is 1.21. The van der Waals surface area contributed by atoms with E-state index in [0.29, 0.717) is 11.4 Å². The zero-order valence-electron chi connectivity index (χ0n) is 22.8. The molecule has 42 heavy (non-hydrogen) atoms. The molecular formula is C38H28N2O2. The molecule has 0 atom stereocenters. The molecule has 0 saturated carbocycles. The molecule has 0 aliphatic heterocycles. The van der Waals surface area contributed by atoms with Crippen LogP contribution in [0.15, 0.2) is 146 Å². The molecule has 4 nitrogen and oxygen atoms in total. The minimum atomic E-state index is -0.241. The maximum absolute atomic E-state index is 13.0. The number of nitrogens with one attached hydrogen (secondary N) is 2. The number of hydrogen-bond donors (Lipinski definition) is 2. The molecule has 0 radical (unpaired) electrons. The molecule has 0 bridgehead atoms. The van der Waals surface area contributed by atoms with Crippen molar-refractivity contribution in [1.82, 2.24) is 0 Å². The topological polar surface area (TPSA) is 58.2 Å². The van der Waals surface area contributed by atoms with Gasteiger partial charge >= 0.3 is 0 Å². The van der Waals surface area contributed by atoms with Crippen LogP contribution in [-0.2, 0) is 9.59 Å². The largest absolute Gasteiger partial charge is 0.322 e. The zero-order chi connectivity index (χ0) is 28.7. The van der Waals surface area contributed by atoms with Crippen LogP contribution in [-0.4, -0.2) is 11.8 Å². The second-order valence-electron chi connectivity index (χ2n) is 9.87. The van der Waals surface area contributed by atoms with Crippen LogP contribution in [0.1, 0.15) is 11.1 Å². The van der Waals surface area contributed by atoms with Crippen LogP contribution in [0.3, 0.4) is 0 Å². The fourth-order valence-corrected chi connectivity index (χ4v) is 5.13. The second-order valence-corrected chi connectivity index (χ2v) is 9.87. The fraction of sp³-hybridized carbons (Fsp3) is 0. The van der Waals surface area contributed by atoms with Gasteiger partial charge in [0.2, 0.25) is 11.8 Å². The van der Waals surface area contributed by atoms with Gasteiger partial charge in [0.05, 0.1) is 0 Å². The molecule has 0 aromatic heterocycles. The number of hydrogen-bond acceptors (Lipinski definition) is 2. The lowest BCUT2D eigenvalue weighted by Gasteiger charge is -2.14. The average molecular weight is 545 g/mol. The molecular weight excluding hydrogens is 516 g/mol. The van der Waals surface area contributed by atoms with Gasteiger partial charge in [0, 0.05) is 34.7 Å². The summed E-state index contributed by atoms with van der Waals surface area (Å²) in [6.45, 7) is 0. The summed E-state index contributed by atoms with van der Waals surface area (Å²) < 4.78 is 0. The van der Waals surface area contributed by atoms with Crippen LogP contribution in [0.5, 0.6) is 0 Å². The Morgan fingerprint density at radius 3 is 1.29 bits per heavy atom. The predicted octanol–water partition coefficient (Wildman–Crippen LogP) is 8.96. The zero-order valence-corrected chi connectivity index (χ0v) is 22.8. The van der Waals surface area contributed by atoms with E-state index in [-0.39, 0.29) is 11.8 Å². The molecule has 0 aliphatic carbocycles. The van der Waals surface area contributed by atoms with E-state index in [1.165, 1.54) is 0 Å². The third kappa shape index (κ3) is 5.88. The lowest BCUT2D eigenvalue weighted by molar-refractivity contribution is -0.112. The smallest absolute Gasteiger partial charge is 0.248 e. The first-order valence-electron chi connectivity index (χ1n) is 13.8. The van der Waals surface area contributed by atoms with Gasteiger partial charge in [0.1, 0.15) is 0 Å². The van der Waals surface area contributed by atoms with Crippen molar-refractivity contribution in [1.29, 1.82) is 0 Å². The molecule has 6 aromatic rings. The van der Waals surface area contributed by atoms with Gasteiger partial charge in [-0.25, -0.2) is 0 Å². The van der Waals surface area contributed by atoms with Gasteiger partial charge in [-0.05, 0) is 57.0 Å². The summed E-state index contributed by atoms with van der Waals surface area (Å²) in [4.78, 5) is 26.0. The summed E-state index contributed by atoms with van der Waals surface area (Å²) in [5, 5.41) is 10.5. The summed E-state index contributed by atoms with van der Waals surface area (Å²) in [5.74, 6) is -0.482. The van der Waals surface area contributed by atoms with Gasteiger partial charge in [-0.2, -0.15) is 0 Å². The van der Waals surface area contributed by atoms with Crippen molar-refractivity contribution < 1.29 is 9.59 Å². The highest BCUT2D eigenvalue weighted by molar-refractivity contribution is 6.08. The van der Waals surface area contributed by atoms with Crippen molar-refractivity contribution in [3.63, 3.8) is 0 Å². The maximum Gasteiger partial charge on any atom is 0.248 e. The highest BCUT2D eigenvalue weighted by atomic mass is 16.2. The molecule has 0 saturated heterocycles. The Kier molecular flexibility index (Phi) is 7.69. The summed E-state index contributed by atoms with van der Waals surface area (Å²) in [7, 11) is 0. The normalized spacial score (nSPS) is 11.3. The van der Waals surface area contributed by atoms with Crippen LogP contribution in [0.25, 0.3) is 44.8 Å². The van der Waals surface area contributed by atoms with Crippen LogP contribution in [0.2, 0.25) is 0 Å². The Morgan fingerprint density at radius 1 is 0.429 bits per heavy atom. The number of amides is 2. The Morgan fingerprint density at radius 2 is 0.810 bits per heavy atom. The third-order valence-electron chi connectivity index (χ3n) is 7.14. The summed E-state index contributed by atoms with van der Waals surface area (Å²) in [5.41, 5.74) is 4.86. The minimum absolute atomic E-state index is 0.241. The van der Waals surface area contributed by atoms with E-state index >= 15 is 0 Å². The molecule has 6 rings (SSSR count). The van der Waals surface area contributed by atoms with Crippen LogP contribution >= 0.6 is 0 Å². The van der Waals surface area contributed by atoms with Gasteiger partial charge in [-0.15, -0.1) is 0 Å². The first-order chi connectivity index (χ1) is 20.7. The first-order valence-corrected chi connectivity index (χ1v) is 13.8. The number of anilines is 2. The van der Waals surface area contributed by atoms with Gasteiger partial charge in [-0.3, -0.25) is 9.59 Å².